The minimum absolute atomic E-state index is 0.170. The van der Waals surface area contributed by atoms with Crippen LogP contribution in [0.3, 0.4) is 0 Å². The smallest absolute Gasteiger partial charge is 0.187 e. The molecular formula is C30H42O12. The summed E-state index contributed by atoms with van der Waals surface area (Å²) in [6.07, 6.45) is -9.01. The van der Waals surface area contributed by atoms with E-state index in [1.165, 1.54) is 0 Å². The predicted molar refractivity (Wildman–Crippen MR) is 147 cm³/mol. The van der Waals surface area contributed by atoms with Gasteiger partial charge >= 0.3 is 0 Å². The van der Waals surface area contributed by atoms with Crippen LogP contribution in [0.5, 0.6) is 11.5 Å². The summed E-state index contributed by atoms with van der Waals surface area (Å²) in [4.78, 5) is 0. The van der Waals surface area contributed by atoms with Crippen molar-refractivity contribution in [3.8, 4) is 11.5 Å². The molecule has 0 radical (unpaired) electrons. The zero-order valence-electron chi connectivity index (χ0n) is 23.3. The number of aliphatic hydroxyl groups is 6. The SMILES string of the molecule is OCC1OC(OC2C(O)COC(OC(CCCCc3ccc(O)cc3)CCc3ccc(O)cc3)C2O)C(O)C(O)C1O. The molecule has 0 aromatic heterocycles. The van der Waals surface area contributed by atoms with E-state index >= 15 is 0 Å². The van der Waals surface area contributed by atoms with E-state index in [0.717, 1.165) is 30.4 Å². The number of benzene rings is 2. The predicted octanol–water partition coefficient (Wildman–Crippen LogP) is 0.0918. The third-order valence-electron chi connectivity index (χ3n) is 7.76. The quantitative estimate of drug-likeness (QED) is 0.146. The maximum Gasteiger partial charge on any atom is 0.187 e. The summed E-state index contributed by atoms with van der Waals surface area (Å²) >= 11 is 0. The summed E-state index contributed by atoms with van der Waals surface area (Å²) in [5.74, 6) is 0.384. The molecule has 12 heteroatoms. The lowest BCUT2D eigenvalue weighted by Crippen LogP contribution is -2.63. The van der Waals surface area contributed by atoms with Crippen LogP contribution in [0.2, 0.25) is 0 Å². The number of hydrogen-bond donors (Lipinski definition) is 8. The van der Waals surface area contributed by atoms with Gasteiger partial charge in [0.15, 0.2) is 12.6 Å². The van der Waals surface area contributed by atoms with Gasteiger partial charge in [0, 0.05) is 0 Å². The summed E-state index contributed by atoms with van der Waals surface area (Å²) in [5, 5.41) is 80.6. The number of aliphatic hydroxyl groups excluding tert-OH is 6. The van der Waals surface area contributed by atoms with E-state index in [0.29, 0.717) is 19.3 Å². The Labute approximate surface area is 244 Å². The summed E-state index contributed by atoms with van der Waals surface area (Å²) in [6, 6.07) is 13.9. The second kappa shape index (κ2) is 15.4. The summed E-state index contributed by atoms with van der Waals surface area (Å²) in [6.45, 7) is -0.889. The second-order valence-electron chi connectivity index (χ2n) is 10.9. The standard InChI is InChI=1S/C30H42O12/c31-15-23-24(35)25(36)26(37)30(41-23)42-28-22(34)16-39-29(27(28)38)40-21(14-9-18-7-12-20(33)13-8-18)4-2-1-3-17-5-10-19(32)11-6-17/h5-8,10-13,21-38H,1-4,9,14-16H2. The van der Waals surface area contributed by atoms with E-state index in [-0.39, 0.29) is 24.2 Å². The minimum atomic E-state index is -1.70. The lowest BCUT2D eigenvalue weighted by atomic mass is 9.98. The van der Waals surface area contributed by atoms with Crippen molar-refractivity contribution in [1.29, 1.82) is 0 Å². The number of unbranched alkanes of at least 4 members (excludes halogenated alkanes) is 1. The van der Waals surface area contributed by atoms with E-state index in [2.05, 4.69) is 0 Å². The van der Waals surface area contributed by atoms with Gasteiger partial charge in [-0.1, -0.05) is 30.7 Å². The van der Waals surface area contributed by atoms with E-state index in [9.17, 15) is 40.9 Å². The highest BCUT2D eigenvalue weighted by molar-refractivity contribution is 5.26. The van der Waals surface area contributed by atoms with Crippen molar-refractivity contribution in [3.63, 3.8) is 0 Å². The van der Waals surface area contributed by atoms with E-state index in [1.807, 2.05) is 24.3 Å². The van der Waals surface area contributed by atoms with E-state index < -0.39 is 61.9 Å². The molecule has 234 valence electrons. The van der Waals surface area contributed by atoms with Gasteiger partial charge in [-0.05, 0) is 67.5 Å². The van der Waals surface area contributed by atoms with Crippen LogP contribution < -0.4 is 0 Å². The first-order valence-corrected chi connectivity index (χ1v) is 14.3. The molecule has 2 heterocycles. The van der Waals surface area contributed by atoms with Crippen molar-refractivity contribution in [2.45, 2.75) is 99.9 Å². The van der Waals surface area contributed by atoms with Crippen LogP contribution in [0.15, 0.2) is 48.5 Å². The molecule has 0 aliphatic carbocycles. The highest BCUT2D eigenvalue weighted by Crippen LogP contribution is 2.29. The molecule has 0 amide bonds. The molecule has 4 rings (SSSR count). The average molecular weight is 595 g/mol. The third-order valence-corrected chi connectivity index (χ3v) is 7.76. The van der Waals surface area contributed by atoms with Crippen molar-refractivity contribution in [2.24, 2.45) is 0 Å². The van der Waals surface area contributed by atoms with Crippen molar-refractivity contribution in [3.05, 3.63) is 59.7 Å². The Kier molecular flexibility index (Phi) is 11.9. The molecule has 2 aliphatic heterocycles. The lowest BCUT2D eigenvalue weighted by Gasteiger charge is -2.44. The van der Waals surface area contributed by atoms with Crippen LogP contribution >= 0.6 is 0 Å². The Bertz CT molecular complexity index is 1060. The Hall–Kier alpha value is -2.36. The number of aryl methyl sites for hydroxylation is 2. The number of ether oxygens (including phenoxy) is 4. The normalized spacial score (nSPS) is 32.5. The maximum atomic E-state index is 11.1. The number of rotatable bonds is 13. The van der Waals surface area contributed by atoms with Crippen molar-refractivity contribution < 1.29 is 59.8 Å². The third kappa shape index (κ3) is 8.60. The van der Waals surface area contributed by atoms with Gasteiger partial charge in [-0.25, -0.2) is 0 Å². The number of hydrogen-bond acceptors (Lipinski definition) is 12. The molecule has 0 bridgehead atoms. The van der Waals surface area contributed by atoms with Gasteiger partial charge in [-0.3, -0.25) is 0 Å². The fraction of sp³-hybridized carbons (Fsp3) is 0.600. The van der Waals surface area contributed by atoms with Crippen LogP contribution in [0.1, 0.15) is 36.8 Å². The maximum absolute atomic E-state index is 11.1. The Morgan fingerprint density at radius 2 is 1.33 bits per heavy atom. The van der Waals surface area contributed by atoms with Crippen molar-refractivity contribution in [2.75, 3.05) is 13.2 Å². The molecular weight excluding hydrogens is 552 g/mol. The molecule has 2 saturated heterocycles. The average Bonchev–Trinajstić information content (AvgIpc) is 2.99. The summed E-state index contributed by atoms with van der Waals surface area (Å²) in [5.41, 5.74) is 2.09. The number of phenols is 2. The summed E-state index contributed by atoms with van der Waals surface area (Å²) < 4.78 is 22.9. The van der Waals surface area contributed by atoms with Gasteiger partial charge in [-0.2, -0.15) is 0 Å². The topological polar surface area (TPSA) is 199 Å². The zero-order valence-corrected chi connectivity index (χ0v) is 23.3. The zero-order chi connectivity index (χ0) is 30.2. The van der Waals surface area contributed by atoms with Gasteiger partial charge in [0.25, 0.3) is 0 Å². The first-order valence-electron chi connectivity index (χ1n) is 14.3. The fourth-order valence-electron chi connectivity index (χ4n) is 5.22. The van der Waals surface area contributed by atoms with Gasteiger partial charge in [0.1, 0.15) is 54.2 Å². The highest BCUT2D eigenvalue weighted by atomic mass is 16.7. The molecule has 8 N–H and O–H groups in total. The van der Waals surface area contributed by atoms with Crippen LogP contribution in [0, 0.1) is 0 Å². The van der Waals surface area contributed by atoms with Crippen molar-refractivity contribution >= 4 is 0 Å². The van der Waals surface area contributed by atoms with Gasteiger partial charge in [-0.15, -0.1) is 0 Å². The Morgan fingerprint density at radius 1 is 0.714 bits per heavy atom. The van der Waals surface area contributed by atoms with Crippen LogP contribution in [-0.2, 0) is 31.8 Å². The lowest BCUT2D eigenvalue weighted by molar-refractivity contribution is -0.351. The first kappa shape index (κ1) is 32.6. The van der Waals surface area contributed by atoms with Gasteiger partial charge < -0.3 is 59.8 Å². The Morgan fingerprint density at radius 3 is 1.95 bits per heavy atom. The van der Waals surface area contributed by atoms with Gasteiger partial charge in [0.2, 0.25) is 0 Å². The molecule has 0 spiro atoms. The molecule has 10 atom stereocenters. The van der Waals surface area contributed by atoms with E-state index in [4.69, 9.17) is 18.9 Å². The molecule has 12 nitrogen and oxygen atoms in total. The molecule has 2 aromatic rings. The molecule has 2 aromatic carbocycles. The molecule has 42 heavy (non-hydrogen) atoms. The second-order valence-corrected chi connectivity index (χ2v) is 10.9. The number of aromatic hydroxyl groups is 2. The summed E-state index contributed by atoms with van der Waals surface area (Å²) in [7, 11) is 0. The monoisotopic (exact) mass is 594 g/mol. The fourth-order valence-corrected chi connectivity index (χ4v) is 5.22. The highest BCUT2D eigenvalue weighted by Gasteiger charge is 2.48. The first-order chi connectivity index (χ1) is 20.2. The number of phenolic OH excluding ortho intramolecular Hbond substituents is 2. The van der Waals surface area contributed by atoms with Crippen LogP contribution in [0.4, 0.5) is 0 Å². The van der Waals surface area contributed by atoms with E-state index in [1.54, 1.807) is 24.3 Å². The largest absolute Gasteiger partial charge is 0.508 e. The molecule has 2 aliphatic rings. The van der Waals surface area contributed by atoms with Crippen LogP contribution in [-0.4, -0.2) is 115 Å². The molecule has 0 saturated carbocycles. The van der Waals surface area contributed by atoms with Crippen molar-refractivity contribution in [1.82, 2.24) is 0 Å². The minimum Gasteiger partial charge on any atom is -0.508 e. The van der Waals surface area contributed by atoms with Gasteiger partial charge in [0.05, 0.1) is 19.3 Å². The van der Waals surface area contributed by atoms with Crippen LogP contribution in [0.25, 0.3) is 0 Å². The molecule has 2 fully saturated rings. The molecule has 10 unspecified atom stereocenters. The Balaban J connectivity index is 1.38.